The van der Waals surface area contributed by atoms with E-state index in [9.17, 15) is 4.79 Å². The fourth-order valence-corrected chi connectivity index (χ4v) is 4.83. The van der Waals surface area contributed by atoms with Gasteiger partial charge in [-0.25, -0.2) is 9.97 Å². The molecule has 0 aliphatic carbocycles. The summed E-state index contributed by atoms with van der Waals surface area (Å²) in [6, 6.07) is 12.9. The zero-order chi connectivity index (χ0) is 25.9. The monoisotopic (exact) mass is 566 g/mol. The van der Waals surface area contributed by atoms with Crippen LogP contribution in [0.2, 0.25) is 0 Å². The van der Waals surface area contributed by atoms with Gasteiger partial charge in [0.25, 0.3) is 0 Å². The van der Waals surface area contributed by atoms with Gasteiger partial charge in [0.15, 0.2) is 11.5 Å². The standard InChI is InChI=1S/C26H31BrN8O2/c1-17(25(36)28-11-12-34-15-13-33(2)14-16-34)29-26-30-22-20(5-4-6-21(22)27)24-31-23(32-35(24)26)18-7-9-19(37-3)10-8-18/h4-10,17H,11-16H2,1-3H3,(H,28,36)(H,29,30)/t17-/m1/s1. The predicted molar refractivity (Wildman–Crippen MR) is 148 cm³/mol. The fraction of sp³-hybridized carbons (Fsp3) is 0.385. The average Bonchev–Trinajstić information content (AvgIpc) is 3.37. The van der Waals surface area contributed by atoms with Gasteiger partial charge in [0.05, 0.1) is 12.6 Å². The van der Waals surface area contributed by atoms with Crippen LogP contribution >= 0.6 is 15.9 Å². The number of carbonyl (C=O) groups excluding carboxylic acids is 1. The molecule has 0 saturated carbocycles. The first kappa shape index (κ1) is 25.4. The summed E-state index contributed by atoms with van der Waals surface area (Å²) >= 11 is 3.61. The van der Waals surface area contributed by atoms with Crippen LogP contribution in [0, 0.1) is 0 Å². The van der Waals surface area contributed by atoms with Crippen molar-refractivity contribution in [2.45, 2.75) is 13.0 Å². The van der Waals surface area contributed by atoms with E-state index in [1.807, 2.05) is 49.4 Å². The van der Waals surface area contributed by atoms with Crippen molar-refractivity contribution >= 4 is 44.3 Å². The van der Waals surface area contributed by atoms with Gasteiger partial charge in [-0.2, -0.15) is 4.52 Å². The first-order valence-corrected chi connectivity index (χ1v) is 13.2. The molecule has 10 nitrogen and oxygen atoms in total. The second-order valence-electron chi connectivity index (χ2n) is 9.27. The average molecular weight is 567 g/mol. The summed E-state index contributed by atoms with van der Waals surface area (Å²) in [5.74, 6) is 1.68. The first-order valence-electron chi connectivity index (χ1n) is 12.4. The molecule has 2 aromatic carbocycles. The summed E-state index contributed by atoms with van der Waals surface area (Å²) in [6.07, 6.45) is 0. The van der Waals surface area contributed by atoms with E-state index >= 15 is 0 Å². The Morgan fingerprint density at radius 1 is 1.11 bits per heavy atom. The Hall–Kier alpha value is -3.28. The van der Waals surface area contributed by atoms with E-state index in [1.165, 1.54) is 0 Å². The Morgan fingerprint density at radius 3 is 2.59 bits per heavy atom. The SMILES string of the molecule is COc1ccc(-c2nc3c4cccc(Br)c4nc(N[C@H](C)C(=O)NCCN4CCN(C)CC4)n3n2)cc1. The van der Waals surface area contributed by atoms with Gasteiger partial charge in [0, 0.05) is 54.7 Å². The lowest BCUT2D eigenvalue weighted by molar-refractivity contribution is -0.121. The number of aromatic nitrogens is 4. The van der Waals surface area contributed by atoms with Crippen LogP contribution in [0.15, 0.2) is 46.9 Å². The van der Waals surface area contributed by atoms with Crippen molar-refractivity contribution in [3.05, 3.63) is 46.9 Å². The van der Waals surface area contributed by atoms with Crippen LogP contribution in [0.4, 0.5) is 5.95 Å². The zero-order valence-corrected chi connectivity index (χ0v) is 22.8. The molecule has 1 amide bonds. The Balaban J connectivity index is 1.38. The second-order valence-corrected chi connectivity index (χ2v) is 10.1. The van der Waals surface area contributed by atoms with Crippen LogP contribution in [0.3, 0.4) is 0 Å². The van der Waals surface area contributed by atoms with E-state index in [1.54, 1.807) is 11.6 Å². The highest BCUT2D eigenvalue weighted by Gasteiger charge is 2.20. The molecule has 11 heteroatoms. The Morgan fingerprint density at radius 2 is 1.86 bits per heavy atom. The van der Waals surface area contributed by atoms with Crippen LogP contribution in [-0.4, -0.2) is 94.8 Å². The summed E-state index contributed by atoms with van der Waals surface area (Å²) in [4.78, 5) is 27.2. The van der Waals surface area contributed by atoms with Gasteiger partial charge in [-0.1, -0.05) is 6.07 Å². The molecular weight excluding hydrogens is 536 g/mol. The van der Waals surface area contributed by atoms with Gasteiger partial charge in [0.1, 0.15) is 11.8 Å². The molecular formula is C26H31BrN8O2. The number of hydrogen-bond donors (Lipinski definition) is 2. The van der Waals surface area contributed by atoms with Crippen molar-refractivity contribution in [2.24, 2.45) is 0 Å². The van der Waals surface area contributed by atoms with Crippen LogP contribution in [-0.2, 0) is 4.79 Å². The molecule has 37 heavy (non-hydrogen) atoms. The summed E-state index contributed by atoms with van der Waals surface area (Å²) in [5, 5.41) is 11.9. The number of para-hydroxylation sites is 1. The normalized spacial score (nSPS) is 15.7. The summed E-state index contributed by atoms with van der Waals surface area (Å²) in [7, 11) is 3.77. The highest BCUT2D eigenvalue weighted by molar-refractivity contribution is 9.10. The van der Waals surface area contributed by atoms with E-state index in [2.05, 4.69) is 43.4 Å². The Labute approximate surface area is 224 Å². The Bertz CT molecular complexity index is 1400. The van der Waals surface area contributed by atoms with Gasteiger partial charge >= 0.3 is 0 Å². The number of methoxy groups -OCH3 is 1. The molecule has 1 fully saturated rings. The molecule has 0 spiro atoms. The third kappa shape index (κ3) is 5.53. The van der Waals surface area contributed by atoms with Gasteiger partial charge in [-0.3, -0.25) is 9.69 Å². The van der Waals surface area contributed by atoms with Crippen LogP contribution in [0.5, 0.6) is 5.75 Å². The van der Waals surface area contributed by atoms with Gasteiger partial charge in [-0.15, -0.1) is 5.10 Å². The smallest absolute Gasteiger partial charge is 0.242 e. The van der Waals surface area contributed by atoms with E-state index < -0.39 is 6.04 Å². The summed E-state index contributed by atoms with van der Waals surface area (Å²) < 4.78 is 7.78. The summed E-state index contributed by atoms with van der Waals surface area (Å²) in [5.41, 5.74) is 2.25. The minimum absolute atomic E-state index is 0.0909. The van der Waals surface area contributed by atoms with Crippen LogP contribution < -0.4 is 15.4 Å². The topological polar surface area (TPSA) is 99.9 Å². The van der Waals surface area contributed by atoms with Gasteiger partial charge < -0.3 is 20.3 Å². The predicted octanol–water partition coefficient (Wildman–Crippen LogP) is 2.88. The van der Waals surface area contributed by atoms with Crippen molar-refractivity contribution in [1.29, 1.82) is 0 Å². The maximum absolute atomic E-state index is 12.9. The largest absolute Gasteiger partial charge is 0.497 e. The lowest BCUT2D eigenvalue weighted by atomic mass is 10.2. The van der Waals surface area contributed by atoms with E-state index in [0.717, 1.165) is 59.4 Å². The van der Waals surface area contributed by atoms with Crippen molar-refractivity contribution in [2.75, 3.05) is 58.7 Å². The number of anilines is 1. The highest BCUT2D eigenvalue weighted by atomic mass is 79.9. The van der Waals surface area contributed by atoms with Crippen molar-refractivity contribution in [1.82, 2.24) is 34.7 Å². The van der Waals surface area contributed by atoms with E-state index in [4.69, 9.17) is 19.8 Å². The molecule has 1 aliphatic rings. The third-order valence-electron chi connectivity index (χ3n) is 6.66. The number of nitrogens with one attached hydrogen (secondary N) is 2. The number of rotatable bonds is 8. The summed E-state index contributed by atoms with van der Waals surface area (Å²) in [6.45, 7) is 7.43. The maximum atomic E-state index is 12.9. The molecule has 1 saturated heterocycles. The molecule has 2 aromatic heterocycles. The maximum Gasteiger partial charge on any atom is 0.242 e. The highest BCUT2D eigenvalue weighted by Crippen LogP contribution is 2.29. The molecule has 1 atom stereocenters. The van der Waals surface area contributed by atoms with Crippen molar-refractivity contribution < 1.29 is 9.53 Å². The fourth-order valence-electron chi connectivity index (χ4n) is 4.37. The van der Waals surface area contributed by atoms with Crippen molar-refractivity contribution in [3.8, 4) is 17.1 Å². The Kier molecular flexibility index (Phi) is 7.54. The number of carbonyl (C=O) groups is 1. The number of halogens is 1. The second kappa shape index (κ2) is 11.0. The van der Waals surface area contributed by atoms with Crippen LogP contribution in [0.25, 0.3) is 27.9 Å². The number of amides is 1. The molecule has 5 rings (SSSR count). The molecule has 0 unspecified atom stereocenters. The minimum atomic E-state index is -0.517. The first-order chi connectivity index (χ1) is 17.9. The van der Waals surface area contributed by atoms with Gasteiger partial charge in [0.2, 0.25) is 11.9 Å². The third-order valence-corrected chi connectivity index (χ3v) is 7.30. The molecule has 1 aliphatic heterocycles. The number of hydrogen-bond acceptors (Lipinski definition) is 8. The van der Waals surface area contributed by atoms with Crippen LogP contribution in [0.1, 0.15) is 6.92 Å². The number of fused-ring (bicyclic) bond motifs is 3. The van der Waals surface area contributed by atoms with E-state index in [0.29, 0.717) is 24.0 Å². The minimum Gasteiger partial charge on any atom is -0.497 e. The lowest BCUT2D eigenvalue weighted by Crippen LogP contribution is -2.48. The molecule has 4 aromatic rings. The molecule has 194 valence electrons. The number of ether oxygens (including phenoxy) is 1. The molecule has 0 radical (unpaired) electrons. The van der Waals surface area contributed by atoms with Crippen molar-refractivity contribution in [3.63, 3.8) is 0 Å². The quantitative estimate of drug-likeness (QED) is 0.336. The van der Waals surface area contributed by atoms with E-state index in [-0.39, 0.29) is 5.91 Å². The zero-order valence-electron chi connectivity index (χ0n) is 21.2. The number of piperazine rings is 1. The molecule has 2 N–H and O–H groups in total. The molecule has 0 bridgehead atoms. The lowest BCUT2D eigenvalue weighted by Gasteiger charge is -2.32. The number of likely N-dealkylation sites (N-methyl/N-ethyl adjacent to an activating group) is 1. The number of nitrogens with zero attached hydrogens (tertiary/aromatic N) is 6. The number of benzene rings is 2. The molecule has 3 heterocycles. The van der Waals surface area contributed by atoms with Gasteiger partial charge in [-0.05, 0) is 66.3 Å².